The summed E-state index contributed by atoms with van der Waals surface area (Å²) in [4.78, 5) is 32.6. The molecular weight excluding hydrogens is 446 g/mol. The van der Waals surface area contributed by atoms with Gasteiger partial charge in [-0.05, 0) is 37.7 Å². The summed E-state index contributed by atoms with van der Waals surface area (Å²) in [7, 11) is 0. The predicted molar refractivity (Wildman–Crippen MR) is 133 cm³/mol. The highest BCUT2D eigenvalue weighted by Crippen LogP contribution is 2.45. The van der Waals surface area contributed by atoms with Gasteiger partial charge in [-0.25, -0.2) is 9.97 Å². The Kier molecular flexibility index (Phi) is 6.28. The monoisotopic (exact) mass is 477 g/mol. The van der Waals surface area contributed by atoms with Gasteiger partial charge in [-0.3, -0.25) is 9.69 Å². The van der Waals surface area contributed by atoms with Gasteiger partial charge in [0.15, 0.2) is 16.6 Å². The number of thiazole rings is 1. The number of fused-ring (bicyclic) bond motifs is 1. The average molecular weight is 478 g/mol. The van der Waals surface area contributed by atoms with Crippen molar-refractivity contribution in [1.82, 2.24) is 19.9 Å². The number of rotatable bonds is 8. The van der Waals surface area contributed by atoms with E-state index in [4.69, 9.17) is 19.7 Å². The Morgan fingerprint density at radius 1 is 1.03 bits per heavy atom. The van der Waals surface area contributed by atoms with Gasteiger partial charge < -0.3 is 9.64 Å². The molecular formula is C26H31N5O2S. The summed E-state index contributed by atoms with van der Waals surface area (Å²) >= 11 is 1.68. The Hall–Kier alpha value is -2.42. The number of ether oxygens (including phenoxy) is 1. The molecule has 1 aliphatic carbocycles. The number of morpholine rings is 1. The van der Waals surface area contributed by atoms with E-state index in [9.17, 15) is 4.79 Å². The van der Waals surface area contributed by atoms with Gasteiger partial charge in [0.2, 0.25) is 0 Å². The Balaban J connectivity index is 1.23. The van der Waals surface area contributed by atoms with E-state index in [0.29, 0.717) is 18.1 Å². The lowest BCUT2D eigenvalue weighted by molar-refractivity contribution is -0.120. The standard InChI is InChI=1S/C26H31N5O2S/c32-21(11-8-18-5-2-1-3-6-18)20-7-4-12-31(20)26-29-25-24(34-26)23(19-9-10-19)27-22(28-25)17-30-13-15-33-16-14-30/h1-3,5-6,19-20H,4,7-17H2/t20-/m1/s1. The number of anilines is 1. The largest absolute Gasteiger partial charge is 0.379 e. The molecule has 0 amide bonds. The Morgan fingerprint density at radius 2 is 1.85 bits per heavy atom. The van der Waals surface area contributed by atoms with E-state index in [0.717, 1.165) is 80.0 Å². The van der Waals surface area contributed by atoms with Crippen LogP contribution in [-0.4, -0.2) is 64.5 Å². The molecule has 7 nitrogen and oxygen atoms in total. The SMILES string of the molecule is O=C(CCc1ccccc1)[C@H]1CCCN1c1nc2nc(CN3CCOCC3)nc(C3CC3)c2s1. The number of aryl methyl sites for hydroxylation is 1. The van der Waals surface area contributed by atoms with E-state index in [1.165, 1.54) is 24.1 Å². The van der Waals surface area contributed by atoms with Crippen molar-refractivity contribution in [2.24, 2.45) is 0 Å². The van der Waals surface area contributed by atoms with Crippen LogP contribution in [0.1, 0.15) is 55.1 Å². The van der Waals surface area contributed by atoms with Crippen LogP contribution in [0.4, 0.5) is 5.13 Å². The maximum atomic E-state index is 13.2. The highest BCUT2D eigenvalue weighted by atomic mass is 32.1. The van der Waals surface area contributed by atoms with E-state index < -0.39 is 0 Å². The number of aromatic nitrogens is 3. The molecule has 3 fully saturated rings. The van der Waals surface area contributed by atoms with Crippen molar-refractivity contribution in [2.75, 3.05) is 37.7 Å². The minimum Gasteiger partial charge on any atom is -0.379 e. The molecule has 2 saturated heterocycles. The second-order valence-corrected chi connectivity index (χ2v) is 10.6. The summed E-state index contributed by atoms with van der Waals surface area (Å²) in [5, 5.41) is 0.935. The summed E-state index contributed by atoms with van der Waals surface area (Å²) in [6, 6.07) is 10.2. The smallest absolute Gasteiger partial charge is 0.188 e. The third-order valence-corrected chi connectivity index (χ3v) is 8.23. The Bertz CT molecular complexity index is 1160. The number of carbonyl (C=O) groups is 1. The molecule has 0 radical (unpaired) electrons. The van der Waals surface area contributed by atoms with Gasteiger partial charge >= 0.3 is 0 Å². The summed E-state index contributed by atoms with van der Waals surface area (Å²) in [6.07, 6.45) is 5.70. The van der Waals surface area contributed by atoms with E-state index in [2.05, 4.69) is 21.9 Å². The molecule has 0 bridgehead atoms. The van der Waals surface area contributed by atoms with Crippen molar-refractivity contribution in [3.8, 4) is 0 Å². The third-order valence-electron chi connectivity index (χ3n) is 7.12. The molecule has 2 aromatic heterocycles. The molecule has 0 unspecified atom stereocenters. The number of ketones is 1. The fourth-order valence-electron chi connectivity index (χ4n) is 5.08. The van der Waals surface area contributed by atoms with Gasteiger partial charge in [-0.1, -0.05) is 41.7 Å². The van der Waals surface area contributed by atoms with Gasteiger partial charge in [0.25, 0.3) is 0 Å². The van der Waals surface area contributed by atoms with Crippen LogP contribution in [-0.2, 0) is 22.5 Å². The van der Waals surface area contributed by atoms with Crippen LogP contribution in [0.2, 0.25) is 0 Å². The minimum atomic E-state index is -0.0746. The lowest BCUT2D eigenvalue weighted by Gasteiger charge is -2.25. The normalized spacial score (nSPS) is 21.4. The molecule has 34 heavy (non-hydrogen) atoms. The third kappa shape index (κ3) is 4.72. The van der Waals surface area contributed by atoms with Crippen LogP contribution in [0, 0.1) is 0 Å². The molecule has 8 heteroatoms. The van der Waals surface area contributed by atoms with Gasteiger partial charge in [0.1, 0.15) is 5.82 Å². The molecule has 3 aliphatic rings. The van der Waals surface area contributed by atoms with Crippen LogP contribution < -0.4 is 4.90 Å². The number of hydrogen-bond donors (Lipinski definition) is 0. The second-order valence-electron chi connectivity index (χ2n) is 9.64. The van der Waals surface area contributed by atoms with E-state index in [1.54, 1.807) is 11.3 Å². The van der Waals surface area contributed by atoms with Crippen molar-refractivity contribution in [3.63, 3.8) is 0 Å². The Labute approximate surface area is 204 Å². The molecule has 2 aliphatic heterocycles. The molecule has 3 aromatic rings. The van der Waals surface area contributed by atoms with Gasteiger partial charge in [-0.2, -0.15) is 4.98 Å². The summed E-state index contributed by atoms with van der Waals surface area (Å²) in [5.41, 5.74) is 3.20. The van der Waals surface area contributed by atoms with Crippen LogP contribution in [0.15, 0.2) is 30.3 Å². The fraction of sp³-hybridized carbons (Fsp3) is 0.538. The van der Waals surface area contributed by atoms with E-state index >= 15 is 0 Å². The van der Waals surface area contributed by atoms with Crippen LogP contribution >= 0.6 is 11.3 Å². The van der Waals surface area contributed by atoms with Crippen LogP contribution in [0.25, 0.3) is 10.3 Å². The molecule has 1 saturated carbocycles. The van der Waals surface area contributed by atoms with Crippen molar-refractivity contribution in [1.29, 1.82) is 0 Å². The van der Waals surface area contributed by atoms with Crippen molar-refractivity contribution in [2.45, 2.75) is 57.0 Å². The number of carbonyl (C=O) groups excluding carboxylic acids is 1. The molecule has 178 valence electrons. The highest BCUT2D eigenvalue weighted by Gasteiger charge is 2.34. The first kappa shape index (κ1) is 22.1. The summed E-state index contributed by atoms with van der Waals surface area (Å²) in [6.45, 7) is 5.01. The molecule has 1 aromatic carbocycles. The zero-order valence-corrected chi connectivity index (χ0v) is 20.3. The highest BCUT2D eigenvalue weighted by molar-refractivity contribution is 7.22. The van der Waals surface area contributed by atoms with Crippen LogP contribution in [0.3, 0.4) is 0 Å². The Morgan fingerprint density at radius 3 is 2.65 bits per heavy atom. The molecule has 0 spiro atoms. The van der Waals surface area contributed by atoms with Crippen LogP contribution in [0.5, 0.6) is 0 Å². The van der Waals surface area contributed by atoms with E-state index in [1.807, 2.05) is 18.2 Å². The minimum absolute atomic E-state index is 0.0746. The summed E-state index contributed by atoms with van der Waals surface area (Å²) < 4.78 is 6.60. The van der Waals surface area contributed by atoms with Gasteiger partial charge in [0, 0.05) is 32.0 Å². The van der Waals surface area contributed by atoms with Gasteiger partial charge in [-0.15, -0.1) is 0 Å². The predicted octanol–water partition coefficient (Wildman–Crippen LogP) is 3.97. The summed E-state index contributed by atoms with van der Waals surface area (Å²) in [5.74, 6) is 1.72. The van der Waals surface area contributed by atoms with Crippen molar-refractivity contribution < 1.29 is 9.53 Å². The zero-order chi connectivity index (χ0) is 22.9. The molecule has 1 atom stereocenters. The van der Waals surface area contributed by atoms with Crippen molar-refractivity contribution in [3.05, 3.63) is 47.4 Å². The van der Waals surface area contributed by atoms with Crippen molar-refractivity contribution >= 4 is 32.6 Å². The van der Waals surface area contributed by atoms with Gasteiger partial charge in [0.05, 0.1) is 36.2 Å². The lowest BCUT2D eigenvalue weighted by Crippen LogP contribution is -2.36. The number of benzene rings is 1. The number of Topliss-reactive ketones (excluding diaryl/α,β-unsaturated/α-hetero) is 1. The zero-order valence-electron chi connectivity index (χ0n) is 19.5. The first-order valence-corrected chi connectivity index (χ1v) is 13.4. The molecule has 0 N–H and O–H groups in total. The lowest BCUT2D eigenvalue weighted by atomic mass is 10.0. The topological polar surface area (TPSA) is 71.5 Å². The second kappa shape index (κ2) is 9.68. The number of hydrogen-bond acceptors (Lipinski definition) is 8. The maximum Gasteiger partial charge on any atom is 0.188 e. The quantitative estimate of drug-likeness (QED) is 0.486. The fourth-order valence-corrected chi connectivity index (χ4v) is 6.23. The molecule has 6 rings (SSSR count). The maximum absolute atomic E-state index is 13.2. The number of nitrogens with zero attached hydrogens (tertiary/aromatic N) is 5. The average Bonchev–Trinajstić information content (AvgIpc) is 3.43. The van der Waals surface area contributed by atoms with E-state index in [-0.39, 0.29) is 6.04 Å². The first-order chi connectivity index (χ1) is 16.7. The molecule has 4 heterocycles. The first-order valence-electron chi connectivity index (χ1n) is 12.6.